The molecule has 1 aromatic carbocycles. The first-order valence-electron chi connectivity index (χ1n) is 6.95. The van der Waals surface area contributed by atoms with Gasteiger partial charge in [-0.15, -0.1) is 0 Å². The van der Waals surface area contributed by atoms with Gasteiger partial charge < -0.3 is 5.32 Å². The molecule has 2 rings (SSSR count). The van der Waals surface area contributed by atoms with Crippen LogP contribution < -0.4 is 5.32 Å². The lowest BCUT2D eigenvalue weighted by atomic mass is 10.0. The molecule has 0 radical (unpaired) electrons. The SMILES string of the molecule is CCC(C)n1nccc1NC(=O)c1cccc(C)c1C. The molecule has 4 heteroatoms. The minimum Gasteiger partial charge on any atom is -0.307 e. The molecule has 106 valence electrons. The van der Waals surface area contributed by atoms with Crippen LogP contribution >= 0.6 is 0 Å². The Morgan fingerprint density at radius 3 is 2.80 bits per heavy atom. The van der Waals surface area contributed by atoms with Gasteiger partial charge in [0.25, 0.3) is 5.91 Å². The fourth-order valence-corrected chi connectivity index (χ4v) is 2.12. The number of carbonyl (C=O) groups excluding carboxylic acids is 1. The lowest BCUT2D eigenvalue weighted by Crippen LogP contribution is -2.18. The number of hydrogen-bond acceptors (Lipinski definition) is 2. The smallest absolute Gasteiger partial charge is 0.257 e. The lowest BCUT2D eigenvalue weighted by molar-refractivity contribution is 0.102. The van der Waals surface area contributed by atoms with E-state index in [1.54, 1.807) is 6.20 Å². The quantitative estimate of drug-likeness (QED) is 0.921. The maximum atomic E-state index is 12.4. The van der Waals surface area contributed by atoms with Gasteiger partial charge in [-0.3, -0.25) is 4.79 Å². The number of carbonyl (C=O) groups is 1. The Balaban J connectivity index is 2.24. The van der Waals surface area contributed by atoms with Gasteiger partial charge in [0.15, 0.2) is 0 Å². The summed E-state index contributed by atoms with van der Waals surface area (Å²) >= 11 is 0. The van der Waals surface area contributed by atoms with Crippen LogP contribution in [0.2, 0.25) is 0 Å². The predicted octanol–water partition coefficient (Wildman–Crippen LogP) is 3.72. The summed E-state index contributed by atoms with van der Waals surface area (Å²) in [5.41, 5.74) is 2.84. The first-order valence-corrected chi connectivity index (χ1v) is 6.95. The highest BCUT2D eigenvalue weighted by Gasteiger charge is 2.14. The minimum atomic E-state index is -0.0868. The molecule has 0 fully saturated rings. The van der Waals surface area contributed by atoms with Crippen molar-refractivity contribution >= 4 is 11.7 Å². The first-order chi connectivity index (χ1) is 9.54. The van der Waals surface area contributed by atoms with E-state index in [9.17, 15) is 4.79 Å². The van der Waals surface area contributed by atoms with E-state index in [1.807, 2.05) is 42.8 Å². The van der Waals surface area contributed by atoms with Crippen molar-refractivity contribution in [3.63, 3.8) is 0 Å². The highest BCUT2D eigenvalue weighted by Crippen LogP contribution is 2.19. The summed E-state index contributed by atoms with van der Waals surface area (Å²) < 4.78 is 1.85. The van der Waals surface area contributed by atoms with Crippen LogP contribution in [0.25, 0.3) is 0 Å². The molecular formula is C16H21N3O. The Morgan fingerprint density at radius 1 is 1.35 bits per heavy atom. The maximum Gasteiger partial charge on any atom is 0.257 e. The van der Waals surface area contributed by atoms with Gasteiger partial charge in [-0.2, -0.15) is 5.10 Å². The van der Waals surface area contributed by atoms with E-state index in [1.165, 1.54) is 0 Å². The Labute approximate surface area is 119 Å². The molecule has 1 unspecified atom stereocenters. The van der Waals surface area contributed by atoms with Crippen molar-refractivity contribution in [2.75, 3.05) is 5.32 Å². The number of hydrogen-bond donors (Lipinski definition) is 1. The molecular weight excluding hydrogens is 250 g/mol. The fourth-order valence-electron chi connectivity index (χ4n) is 2.12. The second-order valence-electron chi connectivity index (χ2n) is 5.12. The number of amides is 1. The lowest BCUT2D eigenvalue weighted by Gasteiger charge is -2.15. The molecule has 0 aliphatic heterocycles. The number of aromatic nitrogens is 2. The highest BCUT2D eigenvalue weighted by atomic mass is 16.1. The molecule has 4 nitrogen and oxygen atoms in total. The van der Waals surface area contributed by atoms with Crippen LogP contribution in [0.4, 0.5) is 5.82 Å². The summed E-state index contributed by atoms with van der Waals surface area (Å²) in [4.78, 5) is 12.4. The number of aryl methyl sites for hydroxylation is 1. The highest BCUT2D eigenvalue weighted by molar-refractivity contribution is 6.05. The first kappa shape index (κ1) is 14.3. The van der Waals surface area contributed by atoms with E-state index in [4.69, 9.17) is 0 Å². The van der Waals surface area contributed by atoms with Crippen LogP contribution in [-0.2, 0) is 0 Å². The topological polar surface area (TPSA) is 46.9 Å². The van der Waals surface area contributed by atoms with Crippen molar-refractivity contribution in [1.82, 2.24) is 9.78 Å². The Kier molecular flexibility index (Phi) is 4.23. The van der Waals surface area contributed by atoms with Crippen LogP contribution in [0.15, 0.2) is 30.5 Å². The Morgan fingerprint density at radius 2 is 2.10 bits per heavy atom. The standard InChI is InChI=1S/C16H21N3O/c1-5-12(3)19-15(9-10-17-19)18-16(20)14-8-6-7-11(2)13(14)4/h6-10,12H,5H2,1-4H3,(H,18,20). The van der Waals surface area contributed by atoms with Crippen molar-refractivity contribution in [3.05, 3.63) is 47.2 Å². The fraction of sp³-hybridized carbons (Fsp3) is 0.375. The number of benzene rings is 1. The molecule has 1 amide bonds. The number of nitrogens with one attached hydrogen (secondary N) is 1. The van der Waals surface area contributed by atoms with Crippen LogP contribution in [0.3, 0.4) is 0 Å². The normalized spacial score (nSPS) is 12.2. The van der Waals surface area contributed by atoms with Crippen LogP contribution in [-0.4, -0.2) is 15.7 Å². The van der Waals surface area contributed by atoms with Crippen molar-refractivity contribution in [2.45, 2.75) is 40.2 Å². The molecule has 0 spiro atoms. The summed E-state index contributed by atoms with van der Waals surface area (Å²) in [7, 11) is 0. The van der Waals surface area contributed by atoms with Crippen LogP contribution in [0.5, 0.6) is 0 Å². The summed E-state index contributed by atoms with van der Waals surface area (Å²) in [6.07, 6.45) is 2.68. The van der Waals surface area contributed by atoms with Gasteiger partial charge in [0.1, 0.15) is 5.82 Å². The Bertz CT molecular complexity index is 616. The third-order valence-corrected chi connectivity index (χ3v) is 3.77. The summed E-state index contributed by atoms with van der Waals surface area (Å²) in [6, 6.07) is 7.86. The zero-order valence-electron chi connectivity index (χ0n) is 12.5. The summed E-state index contributed by atoms with van der Waals surface area (Å²) in [6.45, 7) is 8.16. The van der Waals surface area contributed by atoms with Gasteiger partial charge in [0, 0.05) is 11.6 Å². The van der Waals surface area contributed by atoms with E-state index < -0.39 is 0 Å². The Hall–Kier alpha value is -2.10. The average Bonchev–Trinajstić information content (AvgIpc) is 2.89. The molecule has 1 atom stereocenters. The monoisotopic (exact) mass is 271 g/mol. The summed E-state index contributed by atoms with van der Waals surface area (Å²) in [5.74, 6) is 0.654. The van der Waals surface area contributed by atoms with Gasteiger partial charge in [0.2, 0.25) is 0 Å². The minimum absolute atomic E-state index is 0.0868. The molecule has 0 aliphatic rings. The van der Waals surface area contributed by atoms with E-state index in [-0.39, 0.29) is 11.9 Å². The number of nitrogens with zero attached hydrogens (tertiary/aromatic N) is 2. The van der Waals surface area contributed by atoms with Gasteiger partial charge >= 0.3 is 0 Å². The van der Waals surface area contributed by atoms with Gasteiger partial charge in [-0.05, 0) is 44.4 Å². The molecule has 1 heterocycles. The third-order valence-electron chi connectivity index (χ3n) is 3.77. The average molecular weight is 271 g/mol. The van der Waals surface area contributed by atoms with E-state index in [0.717, 1.165) is 23.4 Å². The third kappa shape index (κ3) is 2.74. The molecule has 1 aromatic heterocycles. The second-order valence-corrected chi connectivity index (χ2v) is 5.12. The van der Waals surface area contributed by atoms with Gasteiger partial charge in [-0.1, -0.05) is 19.1 Å². The van der Waals surface area contributed by atoms with Crippen molar-refractivity contribution in [2.24, 2.45) is 0 Å². The summed E-state index contributed by atoms with van der Waals surface area (Å²) in [5, 5.41) is 7.23. The van der Waals surface area contributed by atoms with Crippen LogP contribution in [0, 0.1) is 13.8 Å². The molecule has 20 heavy (non-hydrogen) atoms. The molecule has 0 saturated heterocycles. The van der Waals surface area contributed by atoms with Crippen LogP contribution in [0.1, 0.15) is 47.8 Å². The molecule has 0 bridgehead atoms. The maximum absolute atomic E-state index is 12.4. The van der Waals surface area contributed by atoms with E-state index in [2.05, 4.69) is 24.3 Å². The van der Waals surface area contributed by atoms with Crippen molar-refractivity contribution in [3.8, 4) is 0 Å². The zero-order chi connectivity index (χ0) is 14.7. The van der Waals surface area contributed by atoms with Crippen molar-refractivity contribution < 1.29 is 4.79 Å². The van der Waals surface area contributed by atoms with E-state index >= 15 is 0 Å². The number of anilines is 1. The molecule has 2 aromatic rings. The van der Waals surface area contributed by atoms with Crippen molar-refractivity contribution in [1.29, 1.82) is 0 Å². The molecule has 0 aliphatic carbocycles. The predicted molar refractivity (Wildman–Crippen MR) is 81.1 cm³/mol. The zero-order valence-corrected chi connectivity index (χ0v) is 12.5. The largest absolute Gasteiger partial charge is 0.307 e. The number of rotatable bonds is 4. The second kappa shape index (κ2) is 5.90. The van der Waals surface area contributed by atoms with E-state index in [0.29, 0.717) is 5.56 Å². The van der Waals surface area contributed by atoms with Gasteiger partial charge in [0.05, 0.1) is 12.2 Å². The van der Waals surface area contributed by atoms with Gasteiger partial charge in [-0.25, -0.2) is 4.68 Å². The molecule has 0 saturated carbocycles. The molecule has 1 N–H and O–H groups in total.